The van der Waals surface area contributed by atoms with Crippen LogP contribution in [0.2, 0.25) is 0 Å². The molecule has 1 aromatic heterocycles. The maximum atomic E-state index is 13.3. The minimum absolute atomic E-state index is 0.0628. The van der Waals surface area contributed by atoms with Crippen LogP contribution in [0.15, 0.2) is 101 Å². The molecule has 0 saturated heterocycles. The molecule has 2 heterocycles. The predicted octanol–water partition coefficient (Wildman–Crippen LogP) is 6.91. The van der Waals surface area contributed by atoms with Crippen molar-refractivity contribution in [1.29, 1.82) is 5.26 Å². The Labute approximate surface area is 246 Å². The van der Waals surface area contributed by atoms with Gasteiger partial charge in [0.1, 0.15) is 41.1 Å². The van der Waals surface area contributed by atoms with E-state index in [-0.39, 0.29) is 35.4 Å². The van der Waals surface area contributed by atoms with E-state index < -0.39 is 11.9 Å². The first-order valence-electron chi connectivity index (χ1n) is 13.3. The summed E-state index contributed by atoms with van der Waals surface area (Å²) in [6.07, 6.45) is 0. The minimum atomic E-state index is -0.650. The Morgan fingerprint density at radius 2 is 1.81 bits per heavy atom. The van der Waals surface area contributed by atoms with E-state index >= 15 is 0 Å². The lowest BCUT2D eigenvalue weighted by Crippen LogP contribution is -2.21. The van der Waals surface area contributed by atoms with E-state index in [2.05, 4.69) is 6.07 Å². The molecule has 214 valence electrons. The Morgan fingerprint density at radius 1 is 1.02 bits per heavy atom. The number of nitrogens with zero attached hydrogens (tertiary/aromatic N) is 1. The number of aryl methyl sites for hydroxylation is 1. The van der Waals surface area contributed by atoms with E-state index in [1.165, 1.54) is 19.2 Å². The van der Waals surface area contributed by atoms with Crippen molar-refractivity contribution in [3.8, 4) is 29.1 Å². The van der Waals surface area contributed by atoms with Crippen molar-refractivity contribution in [3.05, 3.63) is 130 Å². The summed E-state index contributed by atoms with van der Waals surface area (Å²) in [7, 11) is 1.52. The quantitative estimate of drug-likeness (QED) is 0.164. The molecule has 1 aliphatic heterocycles. The molecule has 4 aromatic carbocycles. The number of para-hydroxylation sites is 1. The van der Waals surface area contributed by atoms with Gasteiger partial charge in [0.05, 0.1) is 13.0 Å². The molecule has 8 nitrogen and oxygen atoms in total. The third-order valence-corrected chi connectivity index (χ3v) is 7.26. The third-order valence-electron chi connectivity index (χ3n) is 7.26. The molecule has 1 atom stereocenters. The maximum absolute atomic E-state index is 13.3. The number of hydrogen-bond acceptors (Lipinski definition) is 8. The van der Waals surface area contributed by atoms with Gasteiger partial charge in [-0.05, 0) is 54.4 Å². The number of methoxy groups -OCH3 is 1. The van der Waals surface area contributed by atoms with Crippen LogP contribution in [0.1, 0.15) is 38.7 Å². The van der Waals surface area contributed by atoms with Crippen LogP contribution in [0, 0.1) is 24.1 Å². The largest absolute Gasteiger partial charge is 0.493 e. The second-order valence-corrected chi connectivity index (χ2v) is 9.89. The van der Waals surface area contributed by atoms with E-state index in [1.54, 1.807) is 55.5 Å². The summed E-state index contributed by atoms with van der Waals surface area (Å²) in [5.41, 5.74) is 9.82. The van der Waals surface area contributed by atoms with Crippen molar-refractivity contribution in [2.24, 2.45) is 5.73 Å². The minimum Gasteiger partial charge on any atom is -0.493 e. The smallest absolute Gasteiger partial charge is 0.379 e. The van der Waals surface area contributed by atoms with E-state index in [1.807, 2.05) is 24.3 Å². The number of halogens is 1. The zero-order chi connectivity index (χ0) is 30.1. The fourth-order valence-electron chi connectivity index (χ4n) is 5.09. The number of ether oxygens (including phenoxy) is 4. The van der Waals surface area contributed by atoms with Crippen molar-refractivity contribution >= 4 is 16.9 Å². The highest BCUT2D eigenvalue weighted by molar-refractivity contribution is 5.96. The first-order chi connectivity index (χ1) is 20.9. The van der Waals surface area contributed by atoms with Crippen LogP contribution in [0.5, 0.6) is 23.0 Å². The highest BCUT2D eigenvalue weighted by Crippen LogP contribution is 2.45. The summed E-state index contributed by atoms with van der Waals surface area (Å²) in [6, 6.07) is 25.8. The van der Waals surface area contributed by atoms with Gasteiger partial charge in [0, 0.05) is 22.6 Å². The van der Waals surface area contributed by atoms with Gasteiger partial charge in [0.2, 0.25) is 11.6 Å². The van der Waals surface area contributed by atoms with Crippen LogP contribution in [-0.2, 0) is 6.61 Å². The highest BCUT2D eigenvalue weighted by Gasteiger charge is 2.32. The number of carbonyl (C=O) groups is 1. The number of esters is 1. The predicted molar refractivity (Wildman–Crippen MR) is 155 cm³/mol. The number of nitrogens with two attached hydrogens (primary N) is 1. The van der Waals surface area contributed by atoms with Crippen molar-refractivity contribution < 1.29 is 32.5 Å². The Bertz CT molecular complexity index is 1940. The zero-order valence-corrected chi connectivity index (χ0v) is 23.2. The molecule has 0 radical (unpaired) electrons. The summed E-state index contributed by atoms with van der Waals surface area (Å²) in [5.74, 6) is -0.0444. The number of allylic oxidation sites excluding steroid dienone is 1. The standard InChI is InChI=1S/C34H25FN2O6/c1-19-24-5-3-4-6-27(24)42-32(19)34(38)41-23-12-13-25-29(16-23)43-33(37)26(17-36)31(25)21-9-14-28(30(15-21)39-2)40-18-20-7-10-22(35)11-8-20/h3-16,31H,18,37H2,1-2H3. The Morgan fingerprint density at radius 3 is 2.56 bits per heavy atom. The second kappa shape index (κ2) is 11.3. The van der Waals surface area contributed by atoms with Gasteiger partial charge >= 0.3 is 5.97 Å². The fourth-order valence-corrected chi connectivity index (χ4v) is 5.09. The van der Waals surface area contributed by atoms with Crippen LogP contribution in [0.4, 0.5) is 4.39 Å². The van der Waals surface area contributed by atoms with Gasteiger partial charge in [-0.3, -0.25) is 0 Å². The molecule has 2 N–H and O–H groups in total. The summed E-state index contributed by atoms with van der Waals surface area (Å²) in [4.78, 5) is 13.0. The van der Waals surface area contributed by atoms with Crippen molar-refractivity contribution in [1.82, 2.24) is 0 Å². The SMILES string of the molecule is COc1cc(C2C(C#N)=C(N)Oc3cc(OC(=O)c4oc5ccccc5c4C)ccc32)ccc1OCc1ccc(F)cc1. The van der Waals surface area contributed by atoms with E-state index in [4.69, 9.17) is 29.1 Å². The van der Waals surface area contributed by atoms with Crippen LogP contribution >= 0.6 is 0 Å². The lowest BCUT2D eigenvalue weighted by Gasteiger charge is -2.27. The number of nitriles is 1. The van der Waals surface area contributed by atoms with Crippen molar-refractivity contribution in [2.75, 3.05) is 7.11 Å². The normalized spacial score (nSPS) is 14.0. The summed E-state index contributed by atoms with van der Waals surface area (Å²) in [6.45, 7) is 2.01. The molecule has 0 amide bonds. The second-order valence-electron chi connectivity index (χ2n) is 9.89. The van der Waals surface area contributed by atoms with Crippen molar-refractivity contribution in [3.63, 3.8) is 0 Å². The van der Waals surface area contributed by atoms with Crippen LogP contribution in [-0.4, -0.2) is 13.1 Å². The van der Waals surface area contributed by atoms with Gasteiger partial charge in [-0.25, -0.2) is 9.18 Å². The number of benzene rings is 4. The van der Waals surface area contributed by atoms with Gasteiger partial charge in [0.15, 0.2) is 11.5 Å². The number of hydrogen-bond donors (Lipinski definition) is 1. The number of furan rings is 1. The number of fused-ring (bicyclic) bond motifs is 2. The van der Waals surface area contributed by atoms with Gasteiger partial charge in [0.25, 0.3) is 0 Å². The van der Waals surface area contributed by atoms with Crippen LogP contribution in [0.3, 0.4) is 0 Å². The van der Waals surface area contributed by atoms with Gasteiger partial charge in [-0.15, -0.1) is 0 Å². The average Bonchev–Trinajstić information content (AvgIpc) is 3.36. The highest BCUT2D eigenvalue weighted by atomic mass is 19.1. The Hall–Kier alpha value is -5.75. The molecule has 9 heteroatoms. The number of carbonyl (C=O) groups excluding carboxylic acids is 1. The molecule has 0 aliphatic carbocycles. The molecule has 5 aromatic rings. The first kappa shape index (κ1) is 27.4. The Kier molecular flexibility index (Phi) is 7.18. The Balaban J connectivity index is 1.28. The molecule has 0 spiro atoms. The lowest BCUT2D eigenvalue weighted by molar-refractivity contribution is 0.0702. The monoisotopic (exact) mass is 576 g/mol. The molecule has 1 aliphatic rings. The van der Waals surface area contributed by atoms with Gasteiger partial charge in [-0.1, -0.05) is 42.5 Å². The first-order valence-corrected chi connectivity index (χ1v) is 13.3. The molecule has 0 saturated carbocycles. The molecular weight excluding hydrogens is 551 g/mol. The van der Waals surface area contributed by atoms with Gasteiger partial charge in [-0.2, -0.15) is 5.26 Å². The maximum Gasteiger partial charge on any atom is 0.379 e. The molecule has 0 fully saturated rings. The average molecular weight is 577 g/mol. The summed E-state index contributed by atoms with van der Waals surface area (Å²) < 4.78 is 41.9. The van der Waals surface area contributed by atoms with Crippen LogP contribution in [0.25, 0.3) is 11.0 Å². The number of rotatable bonds is 7. The van der Waals surface area contributed by atoms with E-state index in [0.29, 0.717) is 39.5 Å². The van der Waals surface area contributed by atoms with Gasteiger partial charge < -0.3 is 29.1 Å². The zero-order valence-electron chi connectivity index (χ0n) is 23.2. The topological polar surface area (TPSA) is 117 Å². The van der Waals surface area contributed by atoms with Crippen LogP contribution < -0.4 is 24.7 Å². The molecule has 43 heavy (non-hydrogen) atoms. The van der Waals surface area contributed by atoms with E-state index in [9.17, 15) is 14.4 Å². The van der Waals surface area contributed by atoms with E-state index in [0.717, 1.165) is 10.9 Å². The fraction of sp³-hybridized carbons (Fsp3) is 0.118. The molecule has 0 bridgehead atoms. The lowest BCUT2D eigenvalue weighted by atomic mass is 9.83. The molecular formula is C34H25FN2O6. The molecule has 1 unspecified atom stereocenters. The third kappa shape index (κ3) is 5.22. The summed E-state index contributed by atoms with van der Waals surface area (Å²) in [5, 5.41) is 10.8. The summed E-state index contributed by atoms with van der Waals surface area (Å²) >= 11 is 0. The molecule has 6 rings (SSSR count). The van der Waals surface area contributed by atoms with Crippen molar-refractivity contribution in [2.45, 2.75) is 19.4 Å².